The number of ether oxygens (including phenoxy) is 2. The molecule has 116 valence electrons. The molecule has 0 N–H and O–H groups in total. The molecule has 1 atom stereocenters. The smallest absolute Gasteiger partial charge is 0.254 e. The van der Waals surface area contributed by atoms with Crippen LogP contribution in [0.1, 0.15) is 10.4 Å². The molecule has 1 saturated heterocycles. The van der Waals surface area contributed by atoms with Gasteiger partial charge >= 0.3 is 0 Å². The first-order valence-corrected chi connectivity index (χ1v) is 7.51. The normalized spacial score (nSPS) is 18.6. The zero-order chi connectivity index (χ0) is 15.5. The van der Waals surface area contributed by atoms with Crippen LogP contribution in [0.4, 0.5) is 0 Å². The third kappa shape index (κ3) is 2.92. The molecule has 1 amide bonds. The summed E-state index contributed by atoms with van der Waals surface area (Å²) in [6.45, 7) is 2.09. The number of carbonyl (C=O) groups is 1. The number of benzene rings is 1. The maximum atomic E-state index is 12.8. The average molecular weight is 321 g/mol. The van der Waals surface area contributed by atoms with E-state index in [-0.39, 0.29) is 12.0 Å². The minimum atomic E-state index is -0.0839. The number of methoxy groups -OCH3 is 1. The molecule has 0 bridgehead atoms. The van der Waals surface area contributed by atoms with Crippen molar-refractivity contribution in [2.24, 2.45) is 0 Å². The lowest BCUT2D eigenvalue weighted by Crippen LogP contribution is -2.47. The largest absolute Gasteiger partial charge is 0.382 e. The van der Waals surface area contributed by atoms with Crippen molar-refractivity contribution in [3.63, 3.8) is 0 Å². The summed E-state index contributed by atoms with van der Waals surface area (Å²) in [5.74, 6) is -0.0286. The van der Waals surface area contributed by atoms with Gasteiger partial charge in [-0.25, -0.2) is 0 Å². The zero-order valence-corrected chi connectivity index (χ0v) is 13.0. The predicted molar refractivity (Wildman–Crippen MR) is 84.3 cm³/mol. The summed E-state index contributed by atoms with van der Waals surface area (Å²) in [6.07, 6.45) is 1.59. The van der Waals surface area contributed by atoms with Gasteiger partial charge in [0.1, 0.15) is 0 Å². The van der Waals surface area contributed by atoms with Crippen LogP contribution in [-0.2, 0) is 9.47 Å². The van der Waals surface area contributed by atoms with Gasteiger partial charge < -0.3 is 14.4 Å². The van der Waals surface area contributed by atoms with E-state index >= 15 is 0 Å². The van der Waals surface area contributed by atoms with Crippen LogP contribution in [-0.4, -0.2) is 55.3 Å². The van der Waals surface area contributed by atoms with Crippen molar-refractivity contribution in [2.45, 2.75) is 6.10 Å². The summed E-state index contributed by atoms with van der Waals surface area (Å²) in [5.41, 5.74) is 1.27. The highest BCUT2D eigenvalue weighted by Crippen LogP contribution is 2.26. The highest BCUT2D eigenvalue weighted by molar-refractivity contribution is 6.35. The molecule has 1 aliphatic rings. The SMILES string of the molecule is COCC1CN(C(=O)c2ccc(Cl)c3ncccc23)CCO1. The lowest BCUT2D eigenvalue weighted by atomic mass is 10.1. The summed E-state index contributed by atoms with van der Waals surface area (Å²) in [4.78, 5) is 18.9. The average Bonchev–Trinajstić information content (AvgIpc) is 2.55. The molecular formula is C16H17ClN2O3. The van der Waals surface area contributed by atoms with Gasteiger partial charge in [-0.05, 0) is 18.2 Å². The van der Waals surface area contributed by atoms with Crippen molar-refractivity contribution >= 4 is 28.4 Å². The Hall–Kier alpha value is -1.69. The summed E-state index contributed by atoms with van der Waals surface area (Å²) in [7, 11) is 1.63. The number of hydrogen-bond acceptors (Lipinski definition) is 4. The van der Waals surface area contributed by atoms with E-state index in [4.69, 9.17) is 21.1 Å². The van der Waals surface area contributed by atoms with E-state index in [1.807, 2.05) is 12.1 Å². The molecule has 3 rings (SSSR count). The van der Waals surface area contributed by atoms with Gasteiger partial charge in [0.15, 0.2) is 0 Å². The van der Waals surface area contributed by atoms with Gasteiger partial charge in [0.25, 0.3) is 5.91 Å². The number of halogens is 1. The maximum Gasteiger partial charge on any atom is 0.254 e. The Bertz CT molecular complexity index is 690. The summed E-state index contributed by atoms with van der Waals surface area (Å²) in [5, 5.41) is 1.32. The molecule has 2 aromatic rings. The number of amides is 1. The molecule has 1 unspecified atom stereocenters. The lowest BCUT2D eigenvalue weighted by molar-refractivity contribution is -0.0530. The fraction of sp³-hybridized carbons (Fsp3) is 0.375. The molecule has 6 heteroatoms. The van der Waals surface area contributed by atoms with Crippen LogP contribution in [0, 0.1) is 0 Å². The molecule has 1 aromatic carbocycles. The van der Waals surface area contributed by atoms with Crippen molar-refractivity contribution in [1.82, 2.24) is 9.88 Å². The number of aromatic nitrogens is 1. The molecule has 5 nitrogen and oxygen atoms in total. The third-order valence-electron chi connectivity index (χ3n) is 3.73. The third-order valence-corrected chi connectivity index (χ3v) is 4.03. The van der Waals surface area contributed by atoms with Gasteiger partial charge in [0, 0.05) is 37.3 Å². The molecule has 1 aliphatic heterocycles. The number of pyridine rings is 1. The highest BCUT2D eigenvalue weighted by atomic mass is 35.5. The van der Waals surface area contributed by atoms with Gasteiger partial charge in [-0.15, -0.1) is 0 Å². The van der Waals surface area contributed by atoms with E-state index < -0.39 is 0 Å². The van der Waals surface area contributed by atoms with E-state index in [2.05, 4.69) is 4.98 Å². The Labute approximate surface area is 133 Å². The molecule has 0 saturated carbocycles. The van der Waals surface area contributed by atoms with E-state index in [9.17, 15) is 4.79 Å². The number of hydrogen-bond donors (Lipinski definition) is 0. The van der Waals surface area contributed by atoms with Crippen LogP contribution in [0.3, 0.4) is 0 Å². The monoisotopic (exact) mass is 320 g/mol. The maximum absolute atomic E-state index is 12.8. The van der Waals surface area contributed by atoms with E-state index in [0.29, 0.717) is 42.4 Å². The first-order chi connectivity index (χ1) is 10.7. The van der Waals surface area contributed by atoms with Crippen molar-refractivity contribution in [3.8, 4) is 0 Å². The van der Waals surface area contributed by atoms with Crippen molar-refractivity contribution < 1.29 is 14.3 Å². The Morgan fingerprint density at radius 3 is 3.18 bits per heavy atom. The summed E-state index contributed by atoms with van der Waals surface area (Å²) < 4.78 is 10.7. The van der Waals surface area contributed by atoms with Crippen molar-refractivity contribution in [1.29, 1.82) is 0 Å². The molecule has 22 heavy (non-hydrogen) atoms. The number of nitrogens with zero attached hydrogens (tertiary/aromatic N) is 2. The van der Waals surface area contributed by atoms with E-state index in [0.717, 1.165) is 5.39 Å². The minimum Gasteiger partial charge on any atom is -0.382 e. The lowest BCUT2D eigenvalue weighted by Gasteiger charge is -2.32. The second kappa shape index (κ2) is 6.60. The molecule has 0 aliphatic carbocycles. The van der Waals surface area contributed by atoms with Gasteiger partial charge in [-0.1, -0.05) is 17.7 Å². The molecule has 2 heterocycles. The predicted octanol–water partition coefficient (Wildman–Crippen LogP) is 2.38. The van der Waals surface area contributed by atoms with Crippen LogP contribution in [0.25, 0.3) is 10.9 Å². The number of fused-ring (bicyclic) bond motifs is 1. The fourth-order valence-electron chi connectivity index (χ4n) is 2.69. The van der Waals surface area contributed by atoms with Crippen LogP contribution in [0.15, 0.2) is 30.5 Å². The first-order valence-electron chi connectivity index (χ1n) is 7.13. The van der Waals surface area contributed by atoms with Crippen LogP contribution in [0.5, 0.6) is 0 Å². The minimum absolute atomic E-state index is 0.0286. The fourth-order valence-corrected chi connectivity index (χ4v) is 2.90. The Balaban J connectivity index is 1.91. The van der Waals surface area contributed by atoms with Gasteiger partial charge in [0.2, 0.25) is 0 Å². The molecular weight excluding hydrogens is 304 g/mol. The Kier molecular flexibility index (Phi) is 4.57. The van der Waals surface area contributed by atoms with Gasteiger partial charge in [-0.3, -0.25) is 9.78 Å². The van der Waals surface area contributed by atoms with Gasteiger partial charge in [-0.2, -0.15) is 0 Å². The number of rotatable bonds is 3. The first kappa shape index (κ1) is 15.2. The molecule has 0 spiro atoms. The van der Waals surface area contributed by atoms with Crippen LogP contribution < -0.4 is 0 Å². The van der Waals surface area contributed by atoms with Crippen molar-refractivity contribution in [2.75, 3.05) is 33.4 Å². The number of carbonyl (C=O) groups excluding carboxylic acids is 1. The Morgan fingerprint density at radius 1 is 1.50 bits per heavy atom. The number of morpholine rings is 1. The van der Waals surface area contributed by atoms with Crippen LogP contribution >= 0.6 is 11.6 Å². The second-order valence-corrected chi connectivity index (χ2v) is 5.60. The Morgan fingerprint density at radius 2 is 2.36 bits per heavy atom. The molecule has 1 fully saturated rings. The van der Waals surface area contributed by atoms with Crippen molar-refractivity contribution in [3.05, 3.63) is 41.0 Å². The molecule has 1 aromatic heterocycles. The topological polar surface area (TPSA) is 51.7 Å². The van der Waals surface area contributed by atoms with E-state index in [1.54, 1.807) is 30.3 Å². The zero-order valence-electron chi connectivity index (χ0n) is 12.3. The standard InChI is InChI=1S/C16H17ClN2O3/c1-21-10-11-9-19(7-8-22-11)16(20)13-4-5-14(17)15-12(13)3-2-6-18-15/h2-6,11H,7-10H2,1H3. The van der Waals surface area contributed by atoms with Crippen LogP contribution in [0.2, 0.25) is 5.02 Å². The summed E-state index contributed by atoms with van der Waals surface area (Å²) in [6, 6.07) is 7.16. The quantitative estimate of drug-likeness (QED) is 0.871. The summed E-state index contributed by atoms with van der Waals surface area (Å²) >= 11 is 6.16. The molecule has 0 radical (unpaired) electrons. The highest BCUT2D eigenvalue weighted by Gasteiger charge is 2.26. The second-order valence-electron chi connectivity index (χ2n) is 5.19. The van der Waals surface area contributed by atoms with E-state index in [1.165, 1.54) is 0 Å². The van der Waals surface area contributed by atoms with Gasteiger partial charge in [0.05, 0.1) is 29.9 Å².